The molecular formula is C12H12N2O3. The number of carbonyl (C=O) groups excluding carboxylic acids is 2. The van der Waals surface area contributed by atoms with E-state index in [0.29, 0.717) is 6.54 Å². The van der Waals surface area contributed by atoms with Gasteiger partial charge in [0.15, 0.2) is 0 Å². The van der Waals surface area contributed by atoms with Crippen molar-refractivity contribution in [3.8, 4) is 0 Å². The number of rotatable bonds is 2. The predicted octanol–water partition coefficient (Wildman–Crippen LogP) is 1.86. The number of hydrogen-bond acceptors (Lipinski definition) is 3. The molecule has 17 heavy (non-hydrogen) atoms. The van der Waals surface area contributed by atoms with Crippen LogP contribution in [0.5, 0.6) is 0 Å². The van der Waals surface area contributed by atoms with Crippen molar-refractivity contribution >= 4 is 12.1 Å². The molecule has 1 N–H and O–H groups in total. The molecule has 0 atom stereocenters. The molecule has 1 aromatic carbocycles. The van der Waals surface area contributed by atoms with E-state index < -0.39 is 12.1 Å². The summed E-state index contributed by atoms with van der Waals surface area (Å²) in [6.45, 7) is 3.97. The smallest absolute Gasteiger partial charge is 0.413 e. The highest BCUT2D eigenvalue weighted by atomic mass is 16.6. The maximum Gasteiger partial charge on any atom is 0.423 e. The van der Waals surface area contributed by atoms with E-state index in [4.69, 9.17) is 0 Å². The van der Waals surface area contributed by atoms with Crippen molar-refractivity contribution in [2.75, 3.05) is 6.54 Å². The number of nitrogens with zero attached hydrogens (tertiary/aromatic N) is 1. The van der Waals surface area contributed by atoms with Crippen molar-refractivity contribution in [3.63, 3.8) is 0 Å². The van der Waals surface area contributed by atoms with Gasteiger partial charge in [-0.3, -0.25) is 0 Å². The topological polar surface area (TPSA) is 58.6 Å². The molecule has 0 saturated carbocycles. The minimum atomic E-state index is -0.680. The van der Waals surface area contributed by atoms with Crippen molar-refractivity contribution in [2.24, 2.45) is 0 Å². The fraction of sp³-hybridized carbons (Fsp3) is 0.167. The molecule has 88 valence electrons. The van der Waals surface area contributed by atoms with Gasteiger partial charge in [-0.1, -0.05) is 36.9 Å². The lowest BCUT2D eigenvalue weighted by molar-refractivity contribution is 0.167. The summed E-state index contributed by atoms with van der Waals surface area (Å²) < 4.78 is 4.68. The molecule has 1 saturated heterocycles. The van der Waals surface area contributed by atoms with Crippen molar-refractivity contribution < 1.29 is 14.3 Å². The fourth-order valence-corrected chi connectivity index (χ4v) is 1.48. The third-order valence-electron chi connectivity index (χ3n) is 2.32. The van der Waals surface area contributed by atoms with E-state index >= 15 is 0 Å². The number of benzene rings is 1. The van der Waals surface area contributed by atoms with Gasteiger partial charge < -0.3 is 10.1 Å². The van der Waals surface area contributed by atoms with E-state index in [-0.39, 0.29) is 12.3 Å². The zero-order valence-corrected chi connectivity index (χ0v) is 9.18. The van der Waals surface area contributed by atoms with Crippen LogP contribution in [0.3, 0.4) is 0 Å². The van der Waals surface area contributed by atoms with Crippen LogP contribution in [0.1, 0.15) is 5.56 Å². The molecule has 0 aromatic heterocycles. The van der Waals surface area contributed by atoms with Gasteiger partial charge in [-0.15, -0.1) is 0 Å². The van der Waals surface area contributed by atoms with Gasteiger partial charge in [0.05, 0.1) is 6.54 Å². The number of hydrogen-bond donors (Lipinski definition) is 1. The Balaban J connectivity index is 1.90. The Morgan fingerprint density at radius 3 is 2.71 bits per heavy atom. The summed E-state index contributed by atoms with van der Waals surface area (Å²) in [6.07, 6.45) is -0.680. The lowest BCUT2D eigenvalue weighted by atomic mass is 10.2. The Hall–Kier alpha value is -2.30. The van der Waals surface area contributed by atoms with Gasteiger partial charge in [0.1, 0.15) is 5.76 Å². The van der Waals surface area contributed by atoms with Crippen molar-refractivity contribution in [2.45, 2.75) is 6.54 Å². The van der Waals surface area contributed by atoms with Crippen LogP contribution in [0.25, 0.3) is 0 Å². The minimum Gasteiger partial charge on any atom is -0.413 e. The second-order valence-corrected chi connectivity index (χ2v) is 3.64. The Labute approximate surface area is 98.7 Å². The second-order valence-electron chi connectivity index (χ2n) is 3.64. The monoisotopic (exact) mass is 232 g/mol. The van der Waals surface area contributed by atoms with E-state index in [1.807, 2.05) is 30.3 Å². The van der Waals surface area contributed by atoms with Crippen LogP contribution in [0.2, 0.25) is 0 Å². The molecule has 0 radical (unpaired) electrons. The first-order valence-electron chi connectivity index (χ1n) is 5.15. The number of ether oxygens (including phenoxy) is 1. The van der Waals surface area contributed by atoms with Crippen molar-refractivity contribution in [1.82, 2.24) is 10.2 Å². The van der Waals surface area contributed by atoms with E-state index in [1.54, 1.807) is 0 Å². The van der Waals surface area contributed by atoms with Crippen LogP contribution in [0.15, 0.2) is 42.7 Å². The van der Waals surface area contributed by atoms with E-state index in [1.165, 1.54) is 0 Å². The van der Waals surface area contributed by atoms with Gasteiger partial charge in [0.2, 0.25) is 0 Å². The van der Waals surface area contributed by atoms with Crippen LogP contribution in [0, 0.1) is 0 Å². The van der Waals surface area contributed by atoms with Gasteiger partial charge in [0.25, 0.3) is 0 Å². The van der Waals surface area contributed by atoms with Crippen LogP contribution >= 0.6 is 0 Å². The van der Waals surface area contributed by atoms with Gasteiger partial charge in [-0.05, 0) is 5.56 Å². The standard InChI is InChI=1S/C12H12N2O3/c1-9-8-14(12(16)17-9)11(15)13-7-10-5-3-2-4-6-10/h2-6H,1,7-8H2,(H,13,15). The number of cyclic esters (lactones) is 1. The molecule has 0 bridgehead atoms. The van der Waals surface area contributed by atoms with Gasteiger partial charge in [-0.2, -0.15) is 0 Å². The summed E-state index contributed by atoms with van der Waals surface area (Å²) in [5.74, 6) is 0.282. The number of imide groups is 1. The SMILES string of the molecule is C=C1CN(C(=O)NCc2ccccc2)C(=O)O1. The highest BCUT2D eigenvalue weighted by Gasteiger charge is 2.30. The number of amides is 3. The molecule has 1 aromatic rings. The molecule has 1 aliphatic rings. The second kappa shape index (κ2) is 4.69. The van der Waals surface area contributed by atoms with Gasteiger partial charge in [0, 0.05) is 6.54 Å². The molecule has 0 unspecified atom stereocenters. The van der Waals surface area contributed by atoms with E-state index in [0.717, 1.165) is 10.5 Å². The van der Waals surface area contributed by atoms with Crippen molar-refractivity contribution in [1.29, 1.82) is 0 Å². The van der Waals surface area contributed by atoms with Gasteiger partial charge in [-0.25, -0.2) is 14.5 Å². The molecule has 1 aliphatic heterocycles. The van der Waals surface area contributed by atoms with Gasteiger partial charge >= 0.3 is 12.1 Å². The fourth-order valence-electron chi connectivity index (χ4n) is 1.48. The number of nitrogens with one attached hydrogen (secondary N) is 1. The maximum atomic E-state index is 11.6. The highest BCUT2D eigenvalue weighted by Crippen LogP contribution is 2.12. The quantitative estimate of drug-likeness (QED) is 0.846. The largest absolute Gasteiger partial charge is 0.423 e. The number of urea groups is 1. The molecule has 2 rings (SSSR count). The average molecular weight is 232 g/mol. The summed E-state index contributed by atoms with van der Waals surface area (Å²) in [7, 11) is 0. The van der Waals surface area contributed by atoms with E-state index in [9.17, 15) is 9.59 Å². The van der Waals surface area contributed by atoms with Crippen molar-refractivity contribution in [3.05, 3.63) is 48.2 Å². The molecule has 1 fully saturated rings. The third kappa shape index (κ3) is 2.63. The summed E-state index contributed by atoms with van der Waals surface area (Å²) >= 11 is 0. The summed E-state index contributed by atoms with van der Waals surface area (Å²) in [5, 5.41) is 2.64. The molecule has 0 aliphatic carbocycles. The highest BCUT2D eigenvalue weighted by molar-refractivity contribution is 5.93. The molecule has 3 amide bonds. The first-order chi connectivity index (χ1) is 8.16. The lowest BCUT2D eigenvalue weighted by Crippen LogP contribution is -2.39. The first kappa shape index (κ1) is 11.2. The predicted molar refractivity (Wildman–Crippen MR) is 61.0 cm³/mol. The first-order valence-corrected chi connectivity index (χ1v) is 5.15. The lowest BCUT2D eigenvalue weighted by Gasteiger charge is -2.11. The molecule has 5 heteroatoms. The van der Waals surface area contributed by atoms with Crippen LogP contribution < -0.4 is 5.32 Å². The average Bonchev–Trinajstić information content (AvgIpc) is 2.67. The number of carbonyl (C=O) groups is 2. The Morgan fingerprint density at radius 1 is 1.41 bits per heavy atom. The van der Waals surface area contributed by atoms with E-state index in [2.05, 4.69) is 16.6 Å². The molecular weight excluding hydrogens is 220 g/mol. The third-order valence-corrected chi connectivity index (χ3v) is 2.32. The Kier molecular flexibility index (Phi) is 3.09. The normalized spacial score (nSPS) is 14.7. The Bertz CT molecular complexity index is 456. The van der Waals surface area contributed by atoms with Crippen LogP contribution in [-0.2, 0) is 11.3 Å². The maximum absolute atomic E-state index is 11.6. The summed E-state index contributed by atoms with van der Waals surface area (Å²) in [4.78, 5) is 23.8. The zero-order valence-electron chi connectivity index (χ0n) is 9.18. The molecule has 1 heterocycles. The Morgan fingerprint density at radius 2 is 2.12 bits per heavy atom. The molecule has 5 nitrogen and oxygen atoms in total. The van der Waals surface area contributed by atoms with Crippen LogP contribution in [-0.4, -0.2) is 23.6 Å². The summed E-state index contributed by atoms with van der Waals surface area (Å²) in [6, 6.07) is 8.97. The minimum absolute atomic E-state index is 0.111. The zero-order chi connectivity index (χ0) is 12.3. The van der Waals surface area contributed by atoms with Crippen LogP contribution in [0.4, 0.5) is 9.59 Å². The molecule has 0 spiro atoms. The summed E-state index contributed by atoms with van der Waals surface area (Å²) in [5.41, 5.74) is 0.965.